The Kier molecular flexibility index (Phi) is 6.75. The van der Waals surface area contributed by atoms with E-state index < -0.39 is 12.0 Å². The van der Waals surface area contributed by atoms with Crippen LogP contribution in [0.25, 0.3) is 0 Å². The first-order chi connectivity index (χ1) is 13.4. The summed E-state index contributed by atoms with van der Waals surface area (Å²) in [7, 11) is 0. The van der Waals surface area contributed by atoms with Gasteiger partial charge in [-0.25, -0.2) is 0 Å². The highest BCUT2D eigenvalue weighted by Crippen LogP contribution is 2.40. The van der Waals surface area contributed by atoms with E-state index in [0.717, 1.165) is 11.1 Å². The zero-order valence-electron chi connectivity index (χ0n) is 14.9. The average Bonchev–Trinajstić information content (AvgIpc) is 2.67. The Morgan fingerprint density at radius 2 is 1.82 bits per heavy atom. The van der Waals surface area contributed by atoms with Crippen molar-refractivity contribution in [1.82, 2.24) is 5.32 Å². The molecule has 0 atom stereocenters. The topological polar surface area (TPSA) is 47.6 Å². The fourth-order valence-corrected chi connectivity index (χ4v) is 3.95. The van der Waals surface area contributed by atoms with Crippen LogP contribution in [0.15, 0.2) is 42.5 Å². The molecule has 1 fully saturated rings. The minimum absolute atomic E-state index is 0.0684. The van der Waals surface area contributed by atoms with Crippen molar-refractivity contribution in [3.05, 3.63) is 63.6 Å². The van der Waals surface area contributed by atoms with Gasteiger partial charge in [-0.1, -0.05) is 41.4 Å². The highest BCUT2D eigenvalue weighted by atomic mass is 35.5. The Balaban J connectivity index is 1.75. The van der Waals surface area contributed by atoms with E-state index in [9.17, 15) is 13.6 Å². The number of nitrogens with one attached hydrogen (secondary N) is 1. The molecule has 150 valence electrons. The molecule has 8 heteroatoms. The number of hydrogen-bond donors (Lipinski definition) is 1. The molecule has 1 amide bonds. The molecule has 4 nitrogen and oxygen atoms in total. The molecule has 0 bridgehead atoms. The number of carbonyl (C=O) groups excluding carboxylic acids is 1. The summed E-state index contributed by atoms with van der Waals surface area (Å²) in [6.45, 7) is -1.72. The van der Waals surface area contributed by atoms with Crippen LogP contribution in [0.2, 0.25) is 10.0 Å². The summed E-state index contributed by atoms with van der Waals surface area (Å²) in [6.07, 6.45) is 1.00. The second kappa shape index (κ2) is 9.07. The van der Waals surface area contributed by atoms with E-state index in [0.29, 0.717) is 36.1 Å². The smallest absolute Gasteiger partial charge is 0.387 e. The van der Waals surface area contributed by atoms with Gasteiger partial charge in [-0.3, -0.25) is 4.79 Å². The highest BCUT2D eigenvalue weighted by Gasteiger charge is 2.42. The van der Waals surface area contributed by atoms with Gasteiger partial charge in [0.25, 0.3) is 0 Å². The molecule has 1 aliphatic rings. The van der Waals surface area contributed by atoms with Crippen LogP contribution in [-0.4, -0.2) is 25.7 Å². The number of rotatable bonds is 6. The van der Waals surface area contributed by atoms with Crippen molar-refractivity contribution < 1.29 is 23.0 Å². The van der Waals surface area contributed by atoms with E-state index in [4.69, 9.17) is 27.9 Å². The third kappa shape index (κ3) is 4.74. The Hall–Kier alpha value is -1.89. The van der Waals surface area contributed by atoms with Gasteiger partial charge in [0, 0.05) is 29.8 Å². The zero-order chi connectivity index (χ0) is 20.1. The Labute approximate surface area is 171 Å². The predicted octanol–water partition coefficient (Wildman–Crippen LogP) is 4.96. The summed E-state index contributed by atoms with van der Waals surface area (Å²) in [6, 6.07) is 11.3. The zero-order valence-corrected chi connectivity index (χ0v) is 16.4. The third-order valence-corrected chi connectivity index (χ3v) is 5.38. The minimum atomic E-state index is -2.87. The van der Waals surface area contributed by atoms with Gasteiger partial charge in [0.05, 0.1) is 5.41 Å². The highest BCUT2D eigenvalue weighted by molar-refractivity contribution is 6.35. The average molecular weight is 430 g/mol. The van der Waals surface area contributed by atoms with Crippen LogP contribution in [0, 0.1) is 0 Å². The monoisotopic (exact) mass is 429 g/mol. The summed E-state index contributed by atoms with van der Waals surface area (Å²) >= 11 is 12.4. The fourth-order valence-electron chi connectivity index (χ4n) is 3.36. The van der Waals surface area contributed by atoms with Gasteiger partial charge in [0.1, 0.15) is 5.75 Å². The molecular weight excluding hydrogens is 411 g/mol. The maximum atomic E-state index is 13.2. The molecule has 1 heterocycles. The van der Waals surface area contributed by atoms with Crippen LogP contribution in [0.3, 0.4) is 0 Å². The lowest BCUT2D eigenvalue weighted by Gasteiger charge is -2.37. The first-order valence-electron chi connectivity index (χ1n) is 8.76. The molecule has 3 rings (SSSR count). The maximum Gasteiger partial charge on any atom is 0.387 e. The van der Waals surface area contributed by atoms with E-state index in [1.165, 1.54) is 12.1 Å². The second-order valence-electron chi connectivity index (χ2n) is 6.52. The Morgan fingerprint density at radius 1 is 1.14 bits per heavy atom. The molecule has 0 spiro atoms. The van der Waals surface area contributed by atoms with Crippen LogP contribution >= 0.6 is 23.2 Å². The van der Waals surface area contributed by atoms with Gasteiger partial charge >= 0.3 is 6.61 Å². The second-order valence-corrected chi connectivity index (χ2v) is 7.37. The SMILES string of the molecule is O=C(NCc1ccc(OC(F)F)cc1)C1(c2ccc(Cl)cc2Cl)CCOCC1. The molecule has 1 N–H and O–H groups in total. The van der Waals surface area contributed by atoms with Crippen LogP contribution in [0.1, 0.15) is 24.0 Å². The summed E-state index contributed by atoms with van der Waals surface area (Å²) in [5.74, 6) is -0.0909. The number of hydrogen-bond acceptors (Lipinski definition) is 3. The molecule has 0 radical (unpaired) electrons. The summed E-state index contributed by atoms with van der Waals surface area (Å²) in [4.78, 5) is 13.2. The van der Waals surface area contributed by atoms with Gasteiger partial charge in [-0.05, 0) is 48.2 Å². The quantitative estimate of drug-likeness (QED) is 0.705. The molecule has 28 heavy (non-hydrogen) atoms. The molecule has 2 aromatic carbocycles. The van der Waals surface area contributed by atoms with Crippen molar-refractivity contribution >= 4 is 29.1 Å². The number of halogens is 4. The normalized spacial score (nSPS) is 16.0. The molecule has 0 aromatic heterocycles. The number of ether oxygens (including phenoxy) is 2. The van der Waals surface area contributed by atoms with Crippen molar-refractivity contribution in [2.75, 3.05) is 13.2 Å². The van der Waals surface area contributed by atoms with Gasteiger partial charge in [-0.2, -0.15) is 8.78 Å². The Morgan fingerprint density at radius 3 is 2.43 bits per heavy atom. The third-order valence-electron chi connectivity index (χ3n) is 4.83. The lowest BCUT2D eigenvalue weighted by molar-refractivity contribution is -0.130. The predicted molar refractivity (Wildman–Crippen MR) is 103 cm³/mol. The minimum Gasteiger partial charge on any atom is -0.435 e. The van der Waals surface area contributed by atoms with Crippen LogP contribution < -0.4 is 10.1 Å². The summed E-state index contributed by atoms with van der Waals surface area (Å²) < 4.78 is 34.2. The van der Waals surface area contributed by atoms with Crippen LogP contribution in [0.4, 0.5) is 8.78 Å². The molecule has 1 aliphatic heterocycles. The van der Waals surface area contributed by atoms with Crippen LogP contribution in [-0.2, 0) is 21.5 Å². The molecule has 0 aliphatic carbocycles. The van der Waals surface area contributed by atoms with Crippen molar-refractivity contribution in [2.24, 2.45) is 0 Å². The molecular formula is C20H19Cl2F2NO3. The Bertz CT molecular complexity index is 825. The number of carbonyl (C=O) groups is 1. The molecule has 0 unspecified atom stereocenters. The number of benzene rings is 2. The van der Waals surface area contributed by atoms with E-state index in [-0.39, 0.29) is 18.2 Å². The first-order valence-corrected chi connectivity index (χ1v) is 9.52. The van der Waals surface area contributed by atoms with E-state index in [1.807, 2.05) is 0 Å². The first kappa shape index (κ1) is 20.8. The van der Waals surface area contributed by atoms with Gasteiger partial charge in [0.2, 0.25) is 5.91 Å². The van der Waals surface area contributed by atoms with Crippen molar-refractivity contribution in [3.63, 3.8) is 0 Å². The van der Waals surface area contributed by atoms with E-state index in [2.05, 4.69) is 10.1 Å². The van der Waals surface area contributed by atoms with Gasteiger partial charge in [0.15, 0.2) is 0 Å². The lowest BCUT2D eigenvalue weighted by atomic mass is 9.73. The fraction of sp³-hybridized carbons (Fsp3) is 0.350. The van der Waals surface area contributed by atoms with Crippen molar-refractivity contribution in [3.8, 4) is 5.75 Å². The van der Waals surface area contributed by atoms with Gasteiger partial charge in [-0.15, -0.1) is 0 Å². The van der Waals surface area contributed by atoms with E-state index >= 15 is 0 Å². The van der Waals surface area contributed by atoms with Crippen LogP contribution in [0.5, 0.6) is 5.75 Å². The number of amides is 1. The lowest BCUT2D eigenvalue weighted by Crippen LogP contribution is -2.48. The standard InChI is InChI=1S/C20H19Cl2F2NO3/c21-14-3-6-16(17(22)11-14)20(7-9-27-10-8-20)18(26)25-12-13-1-4-15(5-2-13)28-19(23)24/h1-6,11,19H,7-10,12H2,(H,25,26). The molecule has 2 aromatic rings. The van der Waals surface area contributed by atoms with E-state index in [1.54, 1.807) is 30.3 Å². The van der Waals surface area contributed by atoms with Crippen molar-refractivity contribution in [1.29, 1.82) is 0 Å². The van der Waals surface area contributed by atoms with Crippen molar-refractivity contribution in [2.45, 2.75) is 31.4 Å². The molecule has 1 saturated heterocycles. The van der Waals surface area contributed by atoms with Gasteiger partial charge < -0.3 is 14.8 Å². The number of alkyl halides is 2. The maximum absolute atomic E-state index is 13.2. The largest absolute Gasteiger partial charge is 0.435 e. The summed E-state index contributed by atoms with van der Waals surface area (Å²) in [5, 5.41) is 3.88. The molecule has 0 saturated carbocycles. The summed E-state index contributed by atoms with van der Waals surface area (Å²) in [5.41, 5.74) is 0.679.